The van der Waals surface area contributed by atoms with Crippen molar-refractivity contribution in [3.05, 3.63) is 71.3 Å². The lowest BCUT2D eigenvalue weighted by atomic mass is 10.1. The Morgan fingerprint density at radius 3 is 2.26 bits per heavy atom. The largest absolute Gasteiger partial charge is 0.352 e. The summed E-state index contributed by atoms with van der Waals surface area (Å²) in [5, 5.41) is 3.06. The highest BCUT2D eigenvalue weighted by molar-refractivity contribution is 7.99. The summed E-state index contributed by atoms with van der Waals surface area (Å²) >= 11 is 1.61. The lowest BCUT2D eigenvalue weighted by Crippen LogP contribution is -2.52. The minimum atomic E-state index is -0.440. The van der Waals surface area contributed by atoms with E-state index in [1.54, 1.807) is 16.7 Å². The van der Waals surface area contributed by atoms with Crippen molar-refractivity contribution >= 4 is 23.6 Å². The third-order valence-electron chi connectivity index (χ3n) is 5.49. The van der Waals surface area contributed by atoms with Crippen LogP contribution in [0, 0.1) is 6.92 Å². The van der Waals surface area contributed by atoms with Crippen LogP contribution in [0.4, 0.5) is 0 Å². The average Bonchev–Trinajstić information content (AvgIpc) is 2.78. The molecule has 0 fully saturated rings. The van der Waals surface area contributed by atoms with E-state index in [2.05, 4.69) is 48.6 Å². The van der Waals surface area contributed by atoms with Crippen molar-refractivity contribution in [2.24, 2.45) is 0 Å². The first-order valence-electron chi connectivity index (χ1n) is 11.2. The number of hydrogen-bond donors (Lipinski definition) is 1. The van der Waals surface area contributed by atoms with Gasteiger partial charge in [0.05, 0.1) is 5.75 Å². The molecule has 31 heavy (non-hydrogen) atoms. The lowest BCUT2D eigenvalue weighted by Gasteiger charge is -2.31. The third-order valence-corrected chi connectivity index (χ3v) is 6.47. The standard InChI is InChI=1S/C26H36N2O2S/c1-5-21(4)27-26(30)24(6-2)28(17-16-22-10-8-7-9-11-22)25(29)19-31-18-23-14-12-20(3)13-15-23/h7-15,21,24H,5-6,16-19H2,1-4H3,(H,27,30)/t21-,24-/m1/s1. The molecule has 1 N–H and O–H groups in total. The molecule has 2 amide bonds. The van der Waals surface area contributed by atoms with E-state index >= 15 is 0 Å². The van der Waals surface area contributed by atoms with Gasteiger partial charge in [-0.25, -0.2) is 0 Å². The number of amides is 2. The monoisotopic (exact) mass is 440 g/mol. The van der Waals surface area contributed by atoms with Gasteiger partial charge in [-0.2, -0.15) is 0 Å². The summed E-state index contributed by atoms with van der Waals surface area (Å²) in [6, 6.07) is 18.2. The lowest BCUT2D eigenvalue weighted by molar-refractivity contribution is -0.139. The van der Waals surface area contributed by atoms with Gasteiger partial charge in [0, 0.05) is 18.3 Å². The van der Waals surface area contributed by atoms with E-state index in [-0.39, 0.29) is 17.9 Å². The smallest absolute Gasteiger partial charge is 0.243 e. The molecule has 0 aliphatic heterocycles. The molecular weight excluding hydrogens is 404 g/mol. The highest BCUT2D eigenvalue weighted by Gasteiger charge is 2.28. The Hall–Kier alpha value is -2.27. The van der Waals surface area contributed by atoms with E-state index in [4.69, 9.17) is 0 Å². The maximum absolute atomic E-state index is 13.2. The maximum Gasteiger partial charge on any atom is 0.243 e. The first-order valence-corrected chi connectivity index (χ1v) is 12.4. The van der Waals surface area contributed by atoms with Crippen molar-refractivity contribution in [2.75, 3.05) is 12.3 Å². The molecule has 0 aliphatic carbocycles. The molecule has 0 aliphatic rings. The van der Waals surface area contributed by atoms with Gasteiger partial charge < -0.3 is 10.2 Å². The van der Waals surface area contributed by atoms with Gasteiger partial charge in [0.25, 0.3) is 0 Å². The average molecular weight is 441 g/mol. The van der Waals surface area contributed by atoms with Gasteiger partial charge in [0.15, 0.2) is 0 Å². The number of nitrogens with zero attached hydrogens (tertiary/aromatic N) is 1. The molecule has 5 heteroatoms. The summed E-state index contributed by atoms with van der Waals surface area (Å²) in [6.07, 6.45) is 2.21. The van der Waals surface area contributed by atoms with Crippen molar-refractivity contribution in [3.63, 3.8) is 0 Å². The normalized spacial score (nSPS) is 12.8. The highest BCUT2D eigenvalue weighted by atomic mass is 32.2. The predicted molar refractivity (Wildman–Crippen MR) is 131 cm³/mol. The van der Waals surface area contributed by atoms with Gasteiger partial charge in [0.2, 0.25) is 11.8 Å². The van der Waals surface area contributed by atoms with Crippen molar-refractivity contribution < 1.29 is 9.59 Å². The van der Waals surface area contributed by atoms with Crippen LogP contribution in [0.3, 0.4) is 0 Å². The Labute approximate surface area is 191 Å². The first kappa shape index (κ1) is 25.0. The first-order chi connectivity index (χ1) is 14.9. The van der Waals surface area contributed by atoms with Crippen molar-refractivity contribution in [2.45, 2.75) is 64.8 Å². The Morgan fingerprint density at radius 1 is 0.968 bits per heavy atom. The zero-order valence-corrected chi connectivity index (χ0v) is 20.1. The SMILES string of the molecule is CC[C@@H](C)NC(=O)[C@@H](CC)N(CCc1ccccc1)C(=O)CSCc1ccc(C)cc1. The van der Waals surface area contributed by atoms with E-state index in [0.29, 0.717) is 18.7 Å². The second-order valence-electron chi connectivity index (χ2n) is 8.04. The summed E-state index contributed by atoms with van der Waals surface area (Å²) in [5.74, 6) is 1.13. The topological polar surface area (TPSA) is 49.4 Å². The van der Waals surface area contributed by atoms with Gasteiger partial charge in [-0.3, -0.25) is 9.59 Å². The third kappa shape index (κ3) is 8.41. The molecule has 0 bridgehead atoms. The summed E-state index contributed by atoms with van der Waals surface area (Å²) in [6.45, 7) is 8.63. The molecule has 0 unspecified atom stereocenters. The zero-order valence-electron chi connectivity index (χ0n) is 19.3. The van der Waals surface area contributed by atoms with Crippen LogP contribution < -0.4 is 5.32 Å². The van der Waals surface area contributed by atoms with Gasteiger partial charge in [-0.15, -0.1) is 11.8 Å². The number of aryl methyl sites for hydroxylation is 1. The second kappa shape index (κ2) is 13.2. The van der Waals surface area contributed by atoms with Crippen LogP contribution in [0.25, 0.3) is 0 Å². The fraction of sp³-hybridized carbons (Fsp3) is 0.462. The van der Waals surface area contributed by atoms with Crippen LogP contribution in [0.15, 0.2) is 54.6 Å². The quantitative estimate of drug-likeness (QED) is 0.506. The minimum Gasteiger partial charge on any atom is -0.352 e. The number of hydrogen-bond acceptors (Lipinski definition) is 3. The molecule has 0 saturated carbocycles. The minimum absolute atomic E-state index is 0.0270. The molecule has 0 heterocycles. The molecule has 2 aromatic carbocycles. The van der Waals surface area contributed by atoms with Crippen molar-refractivity contribution in [1.82, 2.24) is 10.2 Å². The molecule has 2 atom stereocenters. The fourth-order valence-corrected chi connectivity index (χ4v) is 4.23. The molecular formula is C26H36N2O2S. The van der Waals surface area contributed by atoms with Gasteiger partial charge in [-0.1, -0.05) is 74.0 Å². The zero-order chi connectivity index (χ0) is 22.6. The number of carbonyl (C=O) groups excluding carboxylic acids is 2. The molecule has 168 valence electrons. The van der Waals surface area contributed by atoms with E-state index in [9.17, 15) is 9.59 Å². The van der Waals surface area contributed by atoms with Crippen LogP contribution >= 0.6 is 11.8 Å². The van der Waals surface area contributed by atoms with E-state index in [1.165, 1.54) is 16.7 Å². The van der Waals surface area contributed by atoms with Gasteiger partial charge >= 0.3 is 0 Å². The van der Waals surface area contributed by atoms with Crippen LogP contribution in [0.5, 0.6) is 0 Å². The van der Waals surface area contributed by atoms with E-state index in [1.807, 2.05) is 39.0 Å². The van der Waals surface area contributed by atoms with E-state index in [0.717, 1.165) is 18.6 Å². The molecule has 2 rings (SSSR count). The van der Waals surface area contributed by atoms with Crippen molar-refractivity contribution in [1.29, 1.82) is 0 Å². The number of rotatable bonds is 12. The molecule has 0 radical (unpaired) electrons. The van der Waals surface area contributed by atoms with Gasteiger partial charge in [-0.05, 0) is 44.2 Å². The molecule has 0 saturated heterocycles. The van der Waals surface area contributed by atoms with Crippen LogP contribution in [0.1, 0.15) is 50.3 Å². The Morgan fingerprint density at radius 2 is 1.65 bits per heavy atom. The Balaban J connectivity index is 2.05. The van der Waals surface area contributed by atoms with E-state index < -0.39 is 6.04 Å². The summed E-state index contributed by atoms with van der Waals surface area (Å²) in [5.41, 5.74) is 3.61. The van der Waals surface area contributed by atoms with Crippen LogP contribution in [0.2, 0.25) is 0 Å². The number of carbonyl (C=O) groups is 2. The predicted octanol–water partition coefficient (Wildman–Crippen LogP) is 4.99. The second-order valence-corrected chi connectivity index (χ2v) is 9.03. The van der Waals surface area contributed by atoms with Crippen molar-refractivity contribution in [3.8, 4) is 0 Å². The van der Waals surface area contributed by atoms with Gasteiger partial charge in [0.1, 0.15) is 6.04 Å². The maximum atomic E-state index is 13.2. The van der Waals surface area contributed by atoms with Crippen LogP contribution in [-0.2, 0) is 21.8 Å². The summed E-state index contributed by atoms with van der Waals surface area (Å²) in [4.78, 5) is 27.9. The molecule has 4 nitrogen and oxygen atoms in total. The molecule has 0 aromatic heterocycles. The molecule has 0 spiro atoms. The molecule has 2 aromatic rings. The Kier molecular flexibility index (Phi) is 10.6. The summed E-state index contributed by atoms with van der Waals surface area (Å²) < 4.78 is 0. The number of benzene rings is 2. The Bertz CT molecular complexity index is 808. The fourth-order valence-electron chi connectivity index (χ4n) is 3.36. The van der Waals surface area contributed by atoms with Crippen LogP contribution in [-0.4, -0.2) is 41.1 Å². The highest BCUT2D eigenvalue weighted by Crippen LogP contribution is 2.16. The number of thioether (sulfide) groups is 1. The summed E-state index contributed by atoms with van der Waals surface area (Å²) in [7, 11) is 0. The number of nitrogens with one attached hydrogen (secondary N) is 1.